The molecule has 5 heteroatoms. The van der Waals surface area contributed by atoms with E-state index in [1.807, 2.05) is 37.2 Å². The first-order valence-electron chi connectivity index (χ1n) is 8.46. The van der Waals surface area contributed by atoms with Gasteiger partial charge in [0.25, 0.3) is 5.91 Å². The summed E-state index contributed by atoms with van der Waals surface area (Å²) in [6.07, 6.45) is 2.47. The predicted molar refractivity (Wildman–Crippen MR) is 93.9 cm³/mol. The van der Waals surface area contributed by atoms with Crippen molar-refractivity contribution >= 4 is 11.6 Å². The summed E-state index contributed by atoms with van der Waals surface area (Å²) in [5.41, 5.74) is 8.16. The van der Waals surface area contributed by atoms with E-state index in [1.54, 1.807) is 6.92 Å². The van der Waals surface area contributed by atoms with Crippen LogP contribution in [-0.4, -0.2) is 44.1 Å². The molecule has 0 aromatic heterocycles. The lowest BCUT2D eigenvalue weighted by molar-refractivity contribution is -0.125. The average Bonchev–Trinajstić information content (AvgIpc) is 2.50. The highest BCUT2D eigenvalue weighted by atomic mass is 16.5. The van der Waals surface area contributed by atoms with Gasteiger partial charge in [0.1, 0.15) is 5.75 Å². The van der Waals surface area contributed by atoms with Crippen LogP contribution >= 0.6 is 0 Å². The number of amides is 1. The fourth-order valence-electron chi connectivity index (χ4n) is 2.91. The molecule has 2 rings (SSSR count). The van der Waals surface area contributed by atoms with Crippen molar-refractivity contribution in [3.05, 3.63) is 23.8 Å². The van der Waals surface area contributed by atoms with Crippen molar-refractivity contribution in [3.8, 4) is 5.75 Å². The smallest absolute Gasteiger partial charge is 0.267 e. The summed E-state index contributed by atoms with van der Waals surface area (Å²) in [5, 5.41) is 0. The Hall–Kier alpha value is -1.59. The van der Waals surface area contributed by atoms with Crippen LogP contribution in [0.15, 0.2) is 18.2 Å². The Labute approximate surface area is 139 Å². The number of hydrogen-bond donors (Lipinski definition) is 1. The Bertz CT molecular complexity index is 545. The SMILES string of the molecule is CCCC(N)c1ccc2c(c1)N(CCCN(C)C)C(=O)C(C)O2. The number of benzene rings is 1. The van der Waals surface area contributed by atoms with Crippen molar-refractivity contribution in [3.63, 3.8) is 0 Å². The van der Waals surface area contributed by atoms with Crippen LogP contribution in [0.25, 0.3) is 0 Å². The van der Waals surface area contributed by atoms with Crippen molar-refractivity contribution in [1.29, 1.82) is 0 Å². The zero-order chi connectivity index (χ0) is 17.0. The lowest BCUT2D eigenvalue weighted by atomic mass is 10.0. The maximum atomic E-state index is 12.5. The Morgan fingerprint density at radius 3 is 2.78 bits per heavy atom. The van der Waals surface area contributed by atoms with E-state index < -0.39 is 6.10 Å². The molecule has 0 saturated heterocycles. The van der Waals surface area contributed by atoms with Crippen LogP contribution < -0.4 is 15.4 Å². The minimum atomic E-state index is -0.433. The number of carbonyl (C=O) groups is 1. The zero-order valence-electron chi connectivity index (χ0n) is 14.7. The first kappa shape index (κ1) is 17.8. The molecule has 1 aromatic carbocycles. The van der Waals surface area contributed by atoms with Crippen molar-refractivity contribution in [2.45, 2.75) is 45.3 Å². The minimum absolute atomic E-state index is 0.00313. The number of fused-ring (bicyclic) bond motifs is 1. The van der Waals surface area contributed by atoms with Crippen LogP contribution in [0, 0.1) is 0 Å². The number of anilines is 1. The molecule has 128 valence electrons. The van der Waals surface area contributed by atoms with E-state index >= 15 is 0 Å². The number of ether oxygens (including phenoxy) is 1. The lowest BCUT2D eigenvalue weighted by Gasteiger charge is -2.34. The number of carbonyl (C=O) groups excluding carboxylic acids is 1. The molecule has 0 fully saturated rings. The van der Waals surface area contributed by atoms with E-state index in [0.717, 1.165) is 42.8 Å². The van der Waals surface area contributed by atoms with Gasteiger partial charge in [0.15, 0.2) is 6.10 Å². The number of hydrogen-bond acceptors (Lipinski definition) is 4. The first-order valence-corrected chi connectivity index (χ1v) is 8.46. The van der Waals surface area contributed by atoms with Gasteiger partial charge < -0.3 is 20.3 Å². The summed E-state index contributed by atoms with van der Waals surface area (Å²) in [5.74, 6) is 0.798. The van der Waals surface area contributed by atoms with Crippen LogP contribution in [0.4, 0.5) is 5.69 Å². The van der Waals surface area contributed by atoms with Crippen LogP contribution in [0.5, 0.6) is 5.75 Å². The second-order valence-electron chi connectivity index (χ2n) is 6.53. The Balaban J connectivity index is 2.25. The topological polar surface area (TPSA) is 58.8 Å². The maximum Gasteiger partial charge on any atom is 0.267 e. The van der Waals surface area contributed by atoms with Gasteiger partial charge in [0.05, 0.1) is 5.69 Å². The molecule has 0 bridgehead atoms. The maximum absolute atomic E-state index is 12.5. The van der Waals surface area contributed by atoms with Crippen molar-refractivity contribution in [1.82, 2.24) is 4.90 Å². The molecule has 2 N–H and O–H groups in total. The number of rotatable bonds is 7. The molecule has 1 heterocycles. The molecule has 1 aliphatic rings. The van der Waals surface area contributed by atoms with E-state index in [-0.39, 0.29) is 11.9 Å². The molecule has 1 amide bonds. The Morgan fingerprint density at radius 2 is 2.13 bits per heavy atom. The highest BCUT2D eigenvalue weighted by Crippen LogP contribution is 2.36. The Kier molecular flexibility index (Phi) is 6.02. The number of nitrogens with zero attached hydrogens (tertiary/aromatic N) is 2. The summed E-state index contributed by atoms with van der Waals surface area (Å²) in [6, 6.07) is 5.99. The van der Waals surface area contributed by atoms with E-state index in [2.05, 4.69) is 11.8 Å². The molecule has 0 spiro atoms. The third-order valence-corrected chi connectivity index (χ3v) is 4.21. The molecule has 2 unspecified atom stereocenters. The molecule has 2 atom stereocenters. The fraction of sp³-hybridized carbons (Fsp3) is 0.611. The molecule has 0 aliphatic carbocycles. The van der Waals surface area contributed by atoms with Crippen LogP contribution in [-0.2, 0) is 4.79 Å². The third-order valence-electron chi connectivity index (χ3n) is 4.21. The third kappa shape index (κ3) is 4.24. The standard InChI is InChI=1S/C18H29N3O2/c1-5-7-15(19)14-8-9-17-16(12-14)21(11-6-10-20(3)4)18(22)13(2)23-17/h8-9,12-13,15H,5-7,10-11,19H2,1-4H3. The zero-order valence-corrected chi connectivity index (χ0v) is 14.7. The monoisotopic (exact) mass is 319 g/mol. The van der Waals surface area contributed by atoms with E-state index in [1.165, 1.54) is 0 Å². The van der Waals surface area contributed by atoms with Crippen LogP contribution in [0.1, 0.15) is 44.7 Å². The molecule has 5 nitrogen and oxygen atoms in total. The van der Waals surface area contributed by atoms with Crippen molar-refractivity contribution < 1.29 is 9.53 Å². The largest absolute Gasteiger partial charge is 0.479 e. The van der Waals surface area contributed by atoms with Gasteiger partial charge >= 0.3 is 0 Å². The Morgan fingerprint density at radius 1 is 1.39 bits per heavy atom. The molecule has 0 radical (unpaired) electrons. The van der Waals surface area contributed by atoms with Gasteiger partial charge in [-0.25, -0.2) is 0 Å². The molecular weight excluding hydrogens is 290 g/mol. The lowest BCUT2D eigenvalue weighted by Crippen LogP contribution is -2.45. The molecule has 1 aliphatic heterocycles. The van der Waals surface area contributed by atoms with E-state index in [4.69, 9.17) is 10.5 Å². The second kappa shape index (κ2) is 7.79. The van der Waals surface area contributed by atoms with Gasteiger partial charge in [0, 0.05) is 12.6 Å². The summed E-state index contributed by atoms with van der Waals surface area (Å²) >= 11 is 0. The minimum Gasteiger partial charge on any atom is -0.479 e. The van der Waals surface area contributed by atoms with Crippen LogP contribution in [0.3, 0.4) is 0 Å². The summed E-state index contributed by atoms with van der Waals surface area (Å²) in [7, 11) is 4.08. The first-order chi connectivity index (χ1) is 10.9. The molecular formula is C18H29N3O2. The van der Waals surface area contributed by atoms with Gasteiger partial charge in [-0.2, -0.15) is 0 Å². The van der Waals surface area contributed by atoms with Crippen LogP contribution in [0.2, 0.25) is 0 Å². The van der Waals surface area contributed by atoms with Crippen molar-refractivity contribution in [2.75, 3.05) is 32.1 Å². The molecule has 1 aromatic rings. The predicted octanol–water partition coefficient (Wildman–Crippen LogP) is 2.55. The second-order valence-corrected chi connectivity index (χ2v) is 6.53. The van der Waals surface area contributed by atoms with E-state index in [9.17, 15) is 4.79 Å². The van der Waals surface area contributed by atoms with Gasteiger partial charge in [-0.05, 0) is 58.1 Å². The quantitative estimate of drug-likeness (QED) is 0.839. The highest BCUT2D eigenvalue weighted by molar-refractivity contribution is 5.99. The normalized spacial score (nSPS) is 18.8. The molecule has 0 saturated carbocycles. The summed E-state index contributed by atoms with van der Waals surface area (Å²) < 4.78 is 5.75. The number of nitrogens with two attached hydrogens (primary N) is 1. The summed E-state index contributed by atoms with van der Waals surface area (Å²) in [4.78, 5) is 16.5. The van der Waals surface area contributed by atoms with E-state index in [0.29, 0.717) is 6.54 Å². The van der Waals surface area contributed by atoms with Gasteiger partial charge in [-0.15, -0.1) is 0 Å². The fourth-order valence-corrected chi connectivity index (χ4v) is 2.91. The average molecular weight is 319 g/mol. The van der Waals surface area contributed by atoms with Gasteiger partial charge in [0.2, 0.25) is 0 Å². The van der Waals surface area contributed by atoms with Crippen molar-refractivity contribution in [2.24, 2.45) is 5.73 Å². The van der Waals surface area contributed by atoms with Gasteiger partial charge in [-0.1, -0.05) is 19.4 Å². The highest BCUT2D eigenvalue weighted by Gasteiger charge is 2.31. The van der Waals surface area contributed by atoms with Gasteiger partial charge in [-0.3, -0.25) is 4.79 Å². The summed E-state index contributed by atoms with van der Waals surface area (Å²) in [6.45, 7) is 5.58. The molecule has 23 heavy (non-hydrogen) atoms.